The average molecular weight is 440 g/mol. The van der Waals surface area contributed by atoms with Crippen molar-refractivity contribution in [3.8, 4) is 17.6 Å². The van der Waals surface area contributed by atoms with Crippen LogP contribution >= 0.6 is 0 Å². The van der Waals surface area contributed by atoms with E-state index in [0.717, 1.165) is 29.7 Å². The molecule has 0 bridgehead atoms. The highest BCUT2D eigenvalue weighted by Gasteiger charge is 2.48. The smallest absolute Gasteiger partial charge is 0.220 e. The molecule has 5 nitrogen and oxygen atoms in total. The van der Waals surface area contributed by atoms with Crippen molar-refractivity contribution in [2.75, 3.05) is 0 Å². The van der Waals surface area contributed by atoms with Crippen LogP contribution in [0.5, 0.6) is 5.75 Å². The Bertz CT molecular complexity index is 881. The zero-order valence-electron chi connectivity index (χ0n) is 19.7. The van der Waals surface area contributed by atoms with Crippen molar-refractivity contribution in [1.29, 1.82) is 0 Å². The van der Waals surface area contributed by atoms with E-state index in [4.69, 9.17) is 4.74 Å². The van der Waals surface area contributed by atoms with Crippen LogP contribution in [-0.4, -0.2) is 40.5 Å². The molecule has 1 amide bonds. The number of carbonyl (C=O) groups excluding carboxylic acids is 1. The van der Waals surface area contributed by atoms with Crippen molar-refractivity contribution >= 4 is 5.91 Å². The van der Waals surface area contributed by atoms with Crippen molar-refractivity contribution < 1.29 is 19.7 Å². The van der Waals surface area contributed by atoms with Gasteiger partial charge in [0.05, 0.1) is 12.2 Å². The van der Waals surface area contributed by atoms with Gasteiger partial charge in [0.25, 0.3) is 0 Å². The number of nitrogens with one attached hydrogen (secondary N) is 1. The highest BCUT2D eigenvalue weighted by atomic mass is 16.5. The van der Waals surface area contributed by atoms with Gasteiger partial charge in [-0.2, -0.15) is 0 Å². The van der Waals surface area contributed by atoms with Crippen molar-refractivity contribution in [3.05, 3.63) is 41.5 Å². The second-order valence-electron chi connectivity index (χ2n) is 9.46. The number of hydrogen-bond donors (Lipinski definition) is 3. The maximum atomic E-state index is 11.9. The highest BCUT2D eigenvalue weighted by molar-refractivity contribution is 5.76. The van der Waals surface area contributed by atoms with E-state index in [0.29, 0.717) is 19.3 Å². The first kappa shape index (κ1) is 24.4. The van der Waals surface area contributed by atoms with Crippen LogP contribution in [0, 0.1) is 23.7 Å². The Hall–Kier alpha value is -2.29. The summed E-state index contributed by atoms with van der Waals surface area (Å²) >= 11 is 0. The summed E-state index contributed by atoms with van der Waals surface area (Å²) in [6.45, 7) is 7.71. The molecule has 1 aromatic rings. The number of ether oxygens (including phenoxy) is 1. The maximum absolute atomic E-state index is 11.9. The predicted octanol–water partition coefficient (Wildman–Crippen LogP) is 3.73. The number of carbonyl (C=O) groups is 1. The van der Waals surface area contributed by atoms with Crippen LogP contribution in [0.3, 0.4) is 0 Å². The minimum absolute atomic E-state index is 0.0413. The maximum Gasteiger partial charge on any atom is 0.220 e. The predicted molar refractivity (Wildman–Crippen MR) is 126 cm³/mol. The Morgan fingerprint density at radius 2 is 2.12 bits per heavy atom. The number of benzene rings is 1. The van der Waals surface area contributed by atoms with Crippen LogP contribution in [0.25, 0.3) is 0 Å². The molecule has 5 heteroatoms. The largest absolute Gasteiger partial charge is 0.489 e. The molecule has 32 heavy (non-hydrogen) atoms. The molecule has 1 heterocycles. The molecule has 3 rings (SSSR count). The molecule has 1 aliphatic heterocycles. The Labute approximate surface area is 192 Å². The van der Waals surface area contributed by atoms with E-state index >= 15 is 0 Å². The highest BCUT2D eigenvalue weighted by Crippen LogP contribution is 2.52. The lowest BCUT2D eigenvalue weighted by Crippen LogP contribution is -2.29. The Kier molecular flexibility index (Phi) is 8.39. The van der Waals surface area contributed by atoms with E-state index in [-0.39, 0.29) is 35.8 Å². The van der Waals surface area contributed by atoms with E-state index in [9.17, 15) is 15.0 Å². The van der Waals surface area contributed by atoms with E-state index < -0.39 is 12.2 Å². The summed E-state index contributed by atoms with van der Waals surface area (Å²) in [6.07, 6.45) is 5.92. The van der Waals surface area contributed by atoms with Gasteiger partial charge in [-0.1, -0.05) is 37.3 Å². The third-order valence-corrected chi connectivity index (χ3v) is 6.50. The van der Waals surface area contributed by atoms with Gasteiger partial charge in [0.15, 0.2) is 0 Å². The molecule has 0 unspecified atom stereocenters. The van der Waals surface area contributed by atoms with E-state index in [1.54, 1.807) is 6.92 Å². The first-order valence-corrected chi connectivity index (χ1v) is 11.8. The Morgan fingerprint density at radius 1 is 1.34 bits per heavy atom. The number of fused-ring (bicyclic) bond motifs is 3. The third-order valence-electron chi connectivity index (χ3n) is 6.50. The summed E-state index contributed by atoms with van der Waals surface area (Å²) in [7, 11) is 0. The summed E-state index contributed by atoms with van der Waals surface area (Å²) in [5, 5.41) is 24.1. The van der Waals surface area contributed by atoms with Gasteiger partial charge in [-0.3, -0.25) is 4.79 Å². The number of rotatable bonds is 9. The van der Waals surface area contributed by atoms with E-state index in [2.05, 4.69) is 29.3 Å². The number of hydrogen-bond acceptors (Lipinski definition) is 4. The van der Waals surface area contributed by atoms with Crippen molar-refractivity contribution in [2.24, 2.45) is 11.8 Å². The van der Waals surface area contributed by atoms with Gasteiger partial charge in [-0.15, -0.1) is 11.8 Å². The number of amides is 1. The summed E-state index contributed by atoms with van der Waals surface area (Å²) in [5.74, 6) is 6.92. The quantitative estimate of drug-likeness (QED) is 0.405. The second-order valence-corrected chi connectivity index (χ2v) is 9.46. The molecule has 3 N–H and O–H groups in total. The number of aryl methyl sites for hydroxylation is 1. The van der Waals surface area contributed by atoms with Gasteiger partial charge < -0.3 is 20.3 Å². The van der Waals surface area contributed by atoms with Gasteiger partial charge in [0.1, 0.15) is 11.9 Å². The van der Waals surface area contributed by atoms with Gasteiger partial charge in [-0.25, -0.2) is 0 Å². The summed E-state index contributed by atoms with van der Waals surface area (Å²) in [4.78, 5) is 11.9. The minimum atomic E-state index is -0.591. The fourth-order valence-corrected chi connectivity index (χ4v) is 4.81. The van der Waals surface area contributed by atoms with Crippen LogP contribution in [0.4, 0.5) is 0 Å². The lowest BCUT2D eigenvalue weighted by Gasteiger charge is -2.19. The zero-order valence-corrected chi connectivity index (χ0v) is 19.7. The normalized spacial score (nSPS) is 25.6. The molecule has 1 fully saturated rings. The molecule has 0 spiro atoms. The Balaban J connectivity index is 1.68. The number of aliphatic hydroxyl groups is 2. The fourth-order valence-electron chi connectivity index (χ4n) is 4.81. The van der Waals surface area contributed by atoms with E-state index in [1.807, 2.05) is 39.0 Å². The summed E-state index contributed by atoms with van der Waals surface area (Å²) in [5.41, 5.74) is 2.25. The van der Waals surface area contributed by atoms with Gasteiger partial charge in [0.2, 0.25) is 5.91 Å². The molecule has 0 saturated heterocycles. The zero-order chi connectivity index (χ0) is 23.3. The molecule has 1 aliphatic carbocycles. The summed E-state index contributed by atoms with van der Waals surface area (Å²) < 4.78 is 6.32. The van der Waals surface area contributed by atoms with Gasteiger partial charge in [-0.05, 0) is 45.1 Å². The van der Waals surface area contributed by atoms with Crippen molar-refractivity contribution in [3.63, 3.8) is 0 Å². The monoisotopic (exact) mass is 439 g/mol. The van der Waals surface area contributed by atoms with Crippen LogP contribution in [0.15, 0.2) is 30.4 Å². The molecule has 0 radical (unpaired) electrons. The topological polar surface area (TPSA) is 78.8 Å². The fraction of sp³-hybridized carbons (Fsp3) is 0.593. The van der Waals surface area contributed by atoms with Crippen LogP contribution in [0.2, 0.25) is 0 Å². The molecule has 1 saturated carbocycles. The van der Waals surface area contributed by atoms with Gasteiger partial charge in [0, 0.05) is 42.7 Å². The van der Waals surface area contributed by atoms with Crippen molar-refractivity contribution in [1.82, 2.24) is 5.32 Å². The molecule has 0 aromatic heterocycles. The molecule has 174 valence electrons. The third kappa shape index (κ3) is 5.74. The van der Waals surface area contributed by atoms with Crippen LogP contribution in [-0.2, 0) is 11.2 Å². The molecular weight excluding hydrogens is 402 g/mol. The first-order chi connectivity index (χ1) is 15.3. The number of para-hydroxylation sites is 1. The standard InChI is InChI=1S/C27H37NO4/c1-5-6-9-18(4)22(29)15-14-20-23(30)16-24-26(20)21-12-7-10-19(27(21)32-24)11-8-13-25(31)28-17(2)3/h7,10,12,14-15,17-18,20,22-24,26,29-30H,8-9,11,13,16H2,1-4H3,(H,28,31)/b15-14+/t18-,20-,22+,23+,24-,26-/m0/s1. The van der Waals surface area contributed by atoms with E-state index in [1.165, 1.54) is 0 Å². The molecule has 2 aliphatic rings. The average Bonchev–Trinajstić information content (AvgIpc) is 3.24. The molecular formula is C27H37NO4. The molecule has 6 atom stereocenters. The van der Waals surface area contributed by atoms with Crippen molar-refractivity contribution in [2.45, 2.75) is 90.1 Å². The van der Waals surface area contributed by atoms with Crippen LogP contribution < -0.4 is 10.1 Å². The molecule has 1 aromatic carbocycles. The lowest BCUT2D eigenvalue weighted by atomic mass is 9.86. The minimum Gasteiger partial charge on any atom is -0.489 e. The summed E-state index contributed by atoms with van der Waals surface area (Å²) in [6, 6.07) is 6.36. The second kappa shape index (κ2) is 11.0. The van der Waals surface area contributed by atoms with Crippen LogP contribution in [0.1, 0.15) is 70.4 Å². The Morgan fingerprint density at radius 3 is 2.84 bits per heavy atom. The number of aliphatic hydroxyl groups excluding tert-OH is 2. The lowest BCUT2D eigenvalue weighted by molar-refractivity contribution is -0.121. The van der Waals surface area contributed by atoms with Gasteiger partial charge >= 0.3 is 0 Å². The first-order valence-electron chi connectivity index (χ1n) is 11.8. The SMILES string of the molecule is CC#CC[C@H](C)[C@H](O)/C=C/[C@@H]1[C@H]2c3cccc(CCCC(=O)NC(C)C)c3O[C@H]2C[C@H]1O.